The van der Waals surface area contributed by atoms with E-state index in [-0.39, 0.29) is 18.0 Å². The van der Waals surface area contributed by atoms with Crippen LogP contribution in [0.25, 0.3) is 0 Å². The van der Waals surface area contributed by atoms with Crippen molar-refractivity contribution in [2.24, 2.45) is 0 Å². The number of nitrogens with zero attached hydrogens (tertiary/aromatic N) is 4. The summed E-state index contributed by atoms with van der Waals surface area (Å²) in [7, 11) is 0. The van der Waals surface area contributed by atoms with Gasteiger partial charge in [0, 0.05) is 22.8 Å². The third-order valence-corrected chi connectivity index (χ3v) is 5.69. The second-order valence-corrected chi connectivity index (χ2v) is 7.43. The van der Waals surface area contributed by atoms with Crippen LogP contribution in [0.2, 0.25) is 0 Å². The fourth-order valence-electron chi connectivity index (χ4n) is 3.23. The van der Waals surface area contributed by atoms with Crippen LogP contribution in [0, 0.1) is 10.1 Å². The molecule has 10 heteroatoms. The number of nitrogens with one attached hydrogen (secondary N) is 1. The first-order valence-electron chi connectivity index (χ1n) is 8.59. The first-order valence-corrected chi connectivity index (χ1v) is 9.40. The molecule has 0 saturated heterocycles. The van der Waals surface area contributed by atoms with Crippen molar-refractivity contribution in [2.75, 3.05) is 5.32 Å². The van der Waals surface area contributed by atoms with Gasteiger partial charge in [-0.1, -0.05) is 0 Å². The Hall–Kier alpha value is -3.40. The molecule has 1 amide bonds. The molecule has 28 heavy (non-hydrogen) atoms. The fraction of sp³-hybridized carbons (Fsp3) is 0.222. The van der Waals surface area contributed by atoms with E-state index in [0.717, 1.165) is 35.9 Å². The number of thiophene rings is 1. The van der Waals surface area contributed by atoms with Gasteiger partial charge in [0.15, 0.2) is 5.78 Å². The van der Waals surface area contributed by atoms with Crippen molar-refractivity contribution < 1.29 is 14.5 Å². The van der Waals surface area contributed by atoms with Crippen LogP contribution in [0.1, 0.15) is 32.8 Å². The van der Waals surface area contributed by atoms with E-state index in [2.05, 4.69) is 15.4 Å². The molecule has 0 bridgehead atoms. The Kier molecular flexibility index (Phi) is 4.70. The molecular weight excluding hydrogens is 382 g/mol. The van der Waals surface area contributed by atoms with Gasteiger partial charge in [0.1, 0.15) is 23.9 Å². The summed E-state index contributed by atoms with van der Waals surface area (Å²) >= 11 is 1.41. The van der Waals surface area contributed by atoms with Crippen molar-refractivity contribution in [1.29, 1.82) is 0 Å². The van der Waals surface area contributed by atoms with E-state index in [4.69, 9.17) is 0 Å². The lowest BCUT2D eigenvalue weighted by atomic mass is 10.0. The van der Waals surface area contributed by atoms with E-state index in [1.807, 2.05) is 0 Å². The maximum Gasteiger partial charge on any atom is 0.307 e. The van der Waals surface area contributed by atoms with Crippen LogP contribution in [0.4, 0.5) is 10.7 Å². The summed E-state index contributed by atoms with van der Waals surface area (Å²) < 4.78 is 1.19. The maximum absolute atomic E-state index is 13.0. The molecule has 0 atom stereocenters. The summed E-state index contributed by atoms with van der Waals surface area (Å²) in [6, 6.07) is 3.30. The Labute approximate surface area is 163 Å². The minimum absolute atomic E-state index is 0.146. The molecular formula is C18H15N5O4S. The van der Waals surface area contributed by atoms with Crippen LogP contribution in [0.3, 0.4) is 0 Å². The van der Waals surface area contributed by atoms with Crippen LogP contribution in [-0.4, -0.2) is 31.4 Å². The SMILES string of the molecule is O=C(Cn1cc([N+](=O)[O-])cn1)Nc1sc2c(c1C(=O)c1ccncc1)CCC2. The summed E-state index contributed by atoms with van der Waals surface area (Å²) in [6.07, 6.45) is 8.08. The Bertz CT molecular complexity index is 1070. The van der Waals surface area contributed by atoms with Crippen LogP contribution in [-0.2, 0) is 24.2 Å². The third kappa shape index (κ3) is 3.41. The van der Waals surface area contributed by atoms with Gasteiger partial charge in [-0.3, -0.25) is 29.4 Å². The van der Waals surface area contributed by atoms with E-state index in [1.165, 1.54) is 22.2 Å². The van der Waals surface area contributed by atoms with Gasteiger partial charge in [-0.05, 0) is 37.0 Å². The van der Waals surface area contributed by atoms with Gasteiger partial charge in [-0.25, -0.2) is 0 Å². The van der Waals surface area contributed by atoms with Crippen molar-refractivity contribution in [1.82, 2.24) is 14.8 Å². The number of pyridine rings is 1. The molecule has 3 aromatic rings. The number of rotatable bonds is 6. The highest BCUT2D eigenvalue weighted by Gasteiger charge is 2.28. The van der Waals surface area contributed by atoms with Crippen molar-refractivity contribution in [3.05, 3.63) is 68.6 Å². The number of carbonyl (C=O) groups excluding carboxylic acids is 2. The number of hydrogen-bond acceptors (Lipinski definition) is 7. The van der Waals surface area contributed by atoms with Crippen LogP contribution in [0.15, 0.2) is 36.9 Å². The molecule has 142 valence electrons. The number of aromatic nitrogens is 3. The molecule has 0 aliphatic heterocycles. The van der Waals surface area contributed by atoms with Crippen LogP contribution >= 0.6 is 11.3 Å². The number of anilines is 1. The maximum atomic E-state index is 13.0. The number of fused-ring (bicyclic) bond motifs is 1. The van der Waals surface area contributed by atoms with E-state index in [1.54, 1.807) is 24.5 Å². The lowest BCUT2D eigenvalue weighted by Gasteiger charge is -2.08. The topological polar surface area (TPSA) is 120 Å². The lowest BCUT2D eigenvalue weighted by molar-refractivity contribution is -0.385. The van der Waals surface area contributed by atoms with Gasteiger partial charge in [0.2, 0.25) is 5.91 Å². The van der Waals surface area contributed by atoms with E-state index in [9.17, 15) is 19.7 Å². The average molecular weight is 397 g/mol. The molecule has 4 rings (SSSR count). The number of nitro groups is 1. The highest BCUT2D eigenvalue weighted by Crippen LogP contribution is 2.40. The zero-order chi connectivity index (χ0) is 19.7. The molecule has 0 spiro atoms. The largest absolute Gasteiger partial charge is 0.315 e. The number of amides is 1. The highest BCUT2D eigenvalue weighted by molar-refractivity contribution is 7.17. The van der Waals surface area contributed by atoms with Gasteiger partial charge >= 0.3 is 5.69 Å². The lowest BCUT2D eigenvalue weighted by Crippen LogP contribution is -2.20. The van der Waals surface area contributed by atoms with Crippen LogP contribution < -0.4 is 5.32 Å². The number of ketones is 1. The van der Waals surface area contributed by atoms with Gasteiger partial charge in [-0.2, -0.15) is 5.10 Å². The average Bonchev–Trinajstić information content (AvgIpc) is 3.38. The Balaban J connectivity index is 1.58. The molecule has 0 fully saturated rings. The summed E-state index contributed by atoms with van der Waals surface area (Å²) in [5, 5.41) is 17.9. The molecule has 1 aliphatic rings. The molecule has 0 radical (unpaired) electrons. The Morgan fingerprint density at radius 3 is 2.79 bits per heavy atom. The second kappa shape index (κ2) is 7.31. The summed E-state index contributed by atoms with van der Waals surface area (Å²) in [4.78, 5) is 40.7. The Morgan fingerprint density at radius 1 is 1.29 bits per heavy atom. The number of carbonyl (C=O) groups is 2. The second-order valence-electron chi connectivity index (χ2n) is 6.33. The normalized spacial score (nSPS) is 12.6. The standard InChI is InChI=1S/C18H15N5O4S/c24-15(10-22-9-12(8-20-22)23(26)27)21-18-16(13-2-1-3-14(13)28-18)17(25)11-4-6-19-7-5-11/h4-9H,1-3,10H2,(H,21,24). The Morgan fingerprint density at radius 2 is 2.07 bits per heavy atom. The molecule has 0 saturated carbocycles. The monoisotopic (exact) mass is 397 g/mol. The molecule has 1 N–H and O–H groups in total. The first-order chi connectivity index (χ1) is 13.5. The molecule has 3 aromatic heterocycles. The zero-order valence-electron chi connectivity index (χ0n) is 14.6. The van der Waals surface area contributed by atoms with E-state index < -0.39 is 10.8 Å². The predicted octanol–water partition coefficient (Wildman–Crippen LogP) is 2.61. The smallest absolute Gasteiger partial charge is 0.307 e. The van der Waals surface area contributed by atoms with Gasteiger partial charge in [-0.15, -0.1) is 11.3 Å². The van der Waals surface area contributed by atoms with Gasteiger partial charge in [0.05, 0.1) is 10.5 Å². The predicted molar refractivity (Wildman–Crippen MR) is 102 cm³/mol. The number of aryl methyl sites for hydroxylation is 1. The molecule has 9 nitrogen and oxygen atoms in total. The minimum atomic E-state index is -0.573. The number of hydrogen-bond donors (Lipinski definition) is 1. The van der Waals surface area contributed by atoms with Crippen LogP contribution in [0.5, 0.6) is 0 Å². The van der Waals surface area contributed by atoms with E-state index in [0.29, 0.717) is 16.1 Å². The molecule has 1 aliphatic carbocycles. The first kappa shape index (κ1) is 18.0. The molecule has 0 unspecified atom stereocenters. The van der Waals surface area contributed by atoms with Crippen molar-refractivity contribution >= 4 is 33.7 Å². The zero-order valence-corrected chi connectivity index (χ0v) is 15.4. The third-order valence-electron chi connectivity index (χ3n) is 4.48. The summed E-state index contributed by atoms with van der Waals surface area (Å²) in [6.45, 7) is -0.181. The highest BCUT2D eigenvalue weighted by atomic mass is 32.1. The van der Waals surface area contributed by atoms with Gasteiger partial charge < -0.3 is 5.32 Å². The summed E-state index contributed by atoms with van der Waals surface area (Å²) in [5.41, 5.74) is 1.86. The van der Waals surface area contributed by atoms with E-state index >= 15 is 0 Å². The summed E-state index contributed by atoms with van der Waals surface area (Å²) in [5.74, 6) is -0.548. The molecule has 3 heterocycles. The quantitative estimate of drug-likeness (QED) is 0.388. The van der Waals surface area contributed by atoms with Crippen molar-refractivity contribution in [3.8, 4) is 0 Å². The van der Waals surface area contributed by atoms with Crippen molar-refractivity contribution in [3.63, 3.8) is 0 Å². The molecule has 0 aromatic carbocycles. The van der Waals surface area contributed by atoms with Crippen molar-refractivity contribution in [2.45, 2.75) is 25.8 Å². The van der Waals surface area contributed by atoms with Gasteiger partial charge in [0.25, 0.3) is 0 Å². The minimum Gasteiger partial charge on any atom is -0.315 e. The fourth-order valence-corrected chi connectivity index (χ4v) is 4.53.